The van der Waals surface area contributed by atoms with E-state index in [1.807, 2.05) is 67.6 Å². The number of halogens is 1. The largest absolute Gasteiger partial charge is 0.507 e. The molecule has 0 saturated heterocycles. The van der Waals surface area contributed by atoms with Crippen LogP contribution in [0.3, 0.4) is 0 Å². The molecule has 0 radical (unpaired) electrons. The molecule has 1 aliphatic rings. The van der Waals surface area contributed by atoms with Gasteiger partial charge in [-0.15, -0.1) is 11.6 Å². The highest BCUT2D eigenvalue weighted by atomic mass is 35.5. The van der Waals surface area contributed by atoms with Crippen molar-refractivity contribution < 1.29 is 9.90 Å². The second kappa shape index (κ2) is 7.89. The molecular formula is C28H22ClN3O2. The lowest BCUT2D eigenvalue weighted by Gasteiger charge is -2.19. The van der Waals surface area contributed by atoms with Crippen molar-refractivity contribution in [3.63, 3.8) is 0 Å². The number of alkyl halides is 1. The Bertz CT molecular complexity index is 1580. The van der Waals surface area contributed by atoms with Crippen molar-refractivity contribution in [1.82, 2.24) is 9.97 Å². The predicted molar refractivity (Wildman–Crippen MR) is 137 cm³/mol. The van der Waals surface area contributed by atoms with Gasteiger partial charge in [-0.3, -0.25) is 4.79 Å². The molecular weight excluding hydrogens is 446 g/mol. The second-order valence-corrected chi connectivity index (χ2v) is 9.08. The van der Waals surface area contributed by atoms with Crippen molar-refractivity contribution in [2.75, 3.05) is 17.3 Å². The van der Waals surface area contributed by atoms with Crippen LogP contribution in [0.1, 0.15) is 27.4 Å². The Morgan fingerprint density at radius 3 is 2.74 bits per heavy atom. The molecule has 2 heterocycles. The van der Waals surface area contributed by atoms with E-state index in [9.17, 15) is 9.90 Å². The van der Waals surface area contributed by atoms with Gasteiger partial charge in [0.2, 0.25) is 0 Å². The van der Waals surface area contributed by atoms with Crippen molar-refractivity contribution in [2.24, 2.45) is 0 Å². The van der Waals surface area contributed by atoms with Crippen LogP contribution < -0.4 is 4.90 Å². The number of phenolic OH excluding ortho intramolecular Hbond substituents is 1. The molecule has 5 nitrogen and oxygen atoms in total. The van der Waals surface area contributed by atoms with Crippen LogP contribution in [0.25, 0.3) is 33.2 Å². The summed E-state index contributed by atoms with van der Waals surface area (Å²) in [5.41, 5.74) is 5.96. The van der Waals surface area contributed by atoms with E-state index in [-0.39, 0.29) is 17.6 Å². The molecule has 34 heavy (non-hydrogen) atoms. The van der Waals surface area contributed by atoms with E-state index in [1.54, 1.807) is 17.0 Å². The molecule has 0 saturated carbocycles. The summed E-state index contributed by atoms with van der Waals surface area (Å²) in [6, 6.07) is 23.0. The van der Waals surface area contributed by atoms with Crippen LogP contribution in [0.5, 0.6) is 5.75 Å². The van der Waals surface area contributed by atoms with Gasteiger partial charge in [0.05, 0.1) is 16.7 Å². The van der Waals surface area contributed by atoms with E-state index in [2.05, 4.69) is 9.97 Å². The molecule has 1 amide bonds. The third-order valence-electron chi connectivity index (χ3n) is 6.68. The van der Waals surface area contributed by atoms with E-state index < -0.39 is 0 Å². The number of carbonyl (C=O) groups excluding carboxylic acids is 1. The Balaban J connectivity index is 1.43. The standard InChI is InChI=1S/C28H22ClN3O2/c1-16-6-5-9-20-24(33)13-23-26(25(16)20)19(14-29)15-32(23)28(34)18-10-11-21-22(12-18)31-27(30-21)17-7-3-2-4-8-17/h2-13,19,33H,14-15H2,1H3,(H,30,31)/t19-/m1/s1. The number of aromatic amines is 1. The Morgan fingerprint density at radius 2 is 1.94 bits per heavy atom. The molecule has 0 aliphatic carbocycles. The van der Waals surface area contributed by atoms with Gasteiger partial charge in [-0.1, -0.05) is 48.5 Å². The highest BCUT2D eigenvalue weighted by molar-refractivity contribution is 6.19. The zero-order valence-corrected chi connectivity index (χ0v) is 19.3. The number of H-pyrrole nitrogens is 1. The van der Waals surface area contributed by atoms with Crippen LogP contribution >= 0.6 is 11.6 Å². The highest BCUT2D eigenvalue weighted by Crippen LogP contribution is 2.46. The van der Waals surface area contributed by atoms with E-state index >= 15 is 0 Å². The first-order chi connectivity index (χ1) is 16.5. The lowest BCUT2D eigenvalue weighted by atomic mass is 9.92. The zero-order valence-electron chi connectivity index (χ0n) is 18.5. The molecule has 0 fully saturated rings. The summed E-state index contributed by atoms with van der Waals surface area (Å²) >= 11 is 6.37. The summed E-state index contributed by atoms with van der Waals surface area (Å²) in [7, 11) is 0. The minimum absolute atomic E-state index is 0.00890. The van der Waals surface area contributed by atoms with Gasteiger partial charge in [0.25, 0.3) is 5.91 Å². The van der Waals surface area contributed by atoms with Gasteiger partial charge in [0.15, 0.2) is 0 Å². The molecule has 0 spiro atoms. The Morgan fingerprint density at radius 1 is 1.12 bits per heavy atom. The zero-order chi connectivity index (χ0) is 23.4. The lowest BCUT2D eigenvalue weighted by Crippen LogP contribution is -2.30. The number of fused-ring (bicyclic) bond motifs is 4. The molecule has 1 aliphatic heterocycles. The third-order valence-corrected chi connectivity index (χ3v) is 7.05. The second-order valence-electron chi connectivity index (χ2n) is 8.78. The molecule has 4 aromatic carbocycles. The van der Waals surface area contributed by atoms with Crippen molar-refractivity contribution >= 4 is 45.0 Å². The van der Waals surface area contributed by atoms with Crippen molar-refractivity contribution in [2.45, 2.75) is 12.8 Å². The van der Waals surface area contributed by atoms with Crippen molar-refractivity contribution in [3.05, 3.63) is 89.5 Å². The molecule has 1 aromatic heterocycles. The summed E-state index contributed by atoms with van der Waals surface area (Å²) in [4.78, 5) is 23.4. The third kappa shape index (κ3) is 3.16. The van der Waals surface area contributed by atoms with E-state index in [0.717, 1.165) is 50.0 Å². The Kier molecular flexibility index (Phi) is 4.82. The van der Waals surface area contributed by atoms with Crippen LogP contribution in [0.2, 0.25) is 0 Å². The number of rotatable bonds is 3. The maximum absolute atomic E-state index is 13.7. The fraction of sp³-hybridized carbons (Fsp3) is 0.143. The van der Waals surface area contributed by atoms with Gasteiger partial charge in [-0.2, -0.15) is 0 Å². The van der Waals surface area contributed by atoms with Gasteiger partial charge >= 0.3 is 0 Å². The summed E-state index contributed by atoms with van der Waals surface area (Å²) in [5.74, 6) is 1.19. The molecule has 6 rings (SSSR count). The van der Waals surface area contributed by atoms with Crippen LogP contribution in [-0.4, -0.2) is 33.4 Å². The first-order valence-electron chi connectivity index (χ1n) is 11.2. The molecule has 1 atom stereocenters. The monoisotopic (exact) mass is 467 g/mol. The summed E-state index contributed by atoms with van der Waals surface area (Å²) in [6.45, 7) is 2.50. The fourth-order valence-corrected chi connectivity index (χ4v) is 5.30. The Labute approximate surface area is 201 Å². The van der Waals surface area contributed by atoms with Crippen LogP contribution in [-0.2, 0) is 0 Å². The maximum atomic E-state index is 13.7. The highest BCUT2D eigenvalue weighted by Gasteiger charge is 2.35. The molecule has 6 heteroatoms. The Hall–Kier alpha value is -3.83. The quantitative estimate of drug-likeness (QED) is 0.302. The lowest BCUT2D eigenvalue weighted by molar-refractivity contribution is 0.0988. The minimum Gasteiger partial charge on any atom is -0.507 e. The van der Waals surface area contributed by atoms with Crippen molar-refractivity contribution in [1.29, 1.82) is 0 Å². The van der Waals surface area contributed by atoms with E-state index in [0.29, 0.717) is 18.0 Å². The average molecular weight is 468 g/mol. The molecule has 0 bridgehead atoms. The fourth-order valence-electron chi connectivity index (χ4n) is 5.05. The van der Waals surface area contributed by atoms with E-state index in [4.69, 9.17) is 11.6 Å². The van der Waals surface area contributed by atoms with E-state index in [1.165, 1.54) is 0 Å². The molecule has 168 valence electrons. The summed E-state index contributed by atoms with van der Waals surface area (Å²) in [6.07, 6.45) is 0. The SMILES string of the molecule is Cc1cccc2c(O)cc3c(c12)[C@H](CCl)CN3C(=O)c1ccc2nc(-c3ccccc3)[nH]c2c1. The molecule has 0 unspecified atom stereocenters. The number of aromatic hydroxyl groups is 1. The number of benzene rings is 4. The number of imidazole rings is 1. The number of carbonyl (C=O) groups is 1. The number of hydrogen-bond donors (Lipinski definition) is 2. The van der Waals surface area contributed by atoms with Crippen LogP contribution in [0.4, 0.5) is 5.69 Å². The number of anilines is 1. The summed E-state index contributed by atoms with van der Waals surface area (Å²) < 4.78 is 0. The number of hydrogen-bond acceptors (Lipinski definition) is 3. The number of nitrogens with zero attached hydrogens (tertiary/aromatic N) is 2. The first-order valence-corrected chi connectivity index (χ1v) is 11.8. The van der Waals surface area contributed by atoms with Gasteiger partial charge in [-0.05, 0) is 41.6 Å². The van der Waals surface area contributed by atoms with Gasteiger partial charge in [-0.25, -0.2) is 4.98 Å². The van der Waals surface area contributed by atoms with Gasteiger partial charge in [0, 0.05) is 40.9 Å². The number of phenols is 1. The molecule has 2 N–H and O–H groups in total. The number of nitrogens with one attached hydrogen (secondary N) is 1. The topological polar surface area (TPSA) is 69.2 Å². The average Bonchev–Trinajstić information content (AvgIpc) is 3.45. The number of amides is 1. The van der Waals surface area contributed by atoms with Gasteiger partial charge < -0.3 is 15.0 Å². The molecule has 5 aromatic rings. The predicted octanol–water partition coefficient (Wildman–Crippen LogP) is 6.38. The summed E-state index contributed by atoms with van der Waals surface area (Å²) in [5, 5.41) is 12.5. The van der Waals surface area contributed by atoms with Crippen molar-refractivity contribution in [3.8, 4) is 17.1 Å². The normalized spacial score (nSPS) is 15.2. The number of aromatic nitrogens is 2. The number of aryl methyl sites for hydroxylation is 1. The van der Waals surface area contributed by atoms with Gasteiger partial charge in [0.1, 0.15) is 11.6 Å². The van der Waals surface area contributed by atoms with Crippen LogP contribution in [0.15, 0.2) is 72.8 Å². The van der Waals surface area contributed by atoms with Crippen LogP contribution in [0, 0.1) is 6.92 Å². The maximum Gasteiger partial charge on any atom is 0.258 e. The minimum atomic E-state index is -0.126. The smallest absolute Gasteiger partial charge is 0.258 e. The first kappa shape index (κ1) is 20.8.